The van der Waals surface area contributed by atoms with Gasteiger partial charge in [-0.3, -0.25) is 10.1 Å². The molecular formula is C15H21N3O4S2. The predicted molar refractivity (Wildman–Crippen MR) is 97.9 cm³/mol. The second-order valence-electron chi connectivity index (χ2n) is 6.34. The zero-order valence-corrected chi connectivity index (χ0v) is 15.3. The number of benzene rings is 1. The summed E-state index contributed by atoms with van der Waals surface area (Å²) in [6.07, 6.45) is 0.567. The van der Waals surface area contributed by atoms with E-state index in [-0.39, 0.29) is 23.2 Å². The third-order valence-corrected chi connectivity index (χ3v) is 5.89. The first-order valence-electron chi connectivity index (χ1n) is 7.70. The molecule has 7 nitrogen and oxygen atoms in total. The average molecular weight is 371 g/mol. The molecule has 1 N–H and O–H groups in total. The van der Waals surface area contributed by atoms with E-state index in [1.165, 1.54) is 12.1 Å². The first-order chi connectivity index (χ1) is 11.2. The molecule has 0 saturated carbocycles. The number of hydrogen-bond acceptors (Lipinski definition) is 5. The highest BCUT2D eigenvalue weighted by atomic mass is 32.2. The van der Waals surface area contributed by atoms with Gasteiger partial charge in [0.05, 0.1) is 16.4 Å². The van der Waals surface area contributed by atoms with Crippen LogP contribution in [-0.4, -0.2) is 47.4 Å². The largest absolute Gasteiger partial charge is 0.345 e. The van der Waals surface area contributed by atoms with Crippen LogP contribution in [0.5, 0.6) is 0 Å². The summed E-state index contributed by atoms with van der Waals surface area (Å²) < 4.78 is 23.5. The highest BCUT2D eigenvalue weighted by Crippen LogP contribution is 2.21. The first-order valence-corrected chi connectivity index (χ1v) is 9.93. The SMILES string of the molecule is CC(C)CN(C(=S)Nc1ccc([N+](=O)[O-])cc1)[C@@H]1CCS(=O)(=O)C1. The van der Waals surface area contributed by atoms with E-state index < -0.39 is 14.8 Å². The summed E-state index contributed by atoms with van der Waals surface area (Å²) >= 11 is 5.46. The van der Waals surface area contributed by atoms with Gasteiger partial charge in [0.2, 0.25) is 0 Å². The van der Waals surface area contributed by atoms with Crippen molar-refractivity contribution in [2.24, 2.45) is 5.92 Å². The van der Waals surface area contributed by atoms with Gasteiger partial charge in [-0.2, -0.15) is 0 Å². The van der Waals surface area contributed by atoms with Crippen molar-refractivity contribution in [1.29, 1.82) is 0 Å². The van der Waals surface area contributed by atoms with Crippen molar-refractivity contribution >= 4 is 38.5 Å². The normalized spacial score (nSPS) is 19.2. The average Bonchev–Trinajstić information content (AvgIpc) is 2.85. The number of nitro benzene ring substituents is 1. The third kappa shape index (κ3) is 4.88. The summed E-state index contributed by atoms with van der Waals surface area (Å²) in [5, 5.41) is 14.2. The van der Waals surface area contributed by atoms with Gasteiger partial charge in [0, 0.05) is 30.4 Å². The van der Waals surface area contributed by atoms with Gasteiger partial charge in [-0.15, -0.1) is 0 Å². The Kier molecular flexibility index (Phi) is 5.76. The molecule has 24 heavy (non-hydrogen) atoms. The molecule has 1 atom stereocenters. The van der Waals surface area contributed by atoms with Crippen molar-refractivity contribution in [3.8, 4) is 0 Å². The van der Waals surface area contributed by atoms with Gasteiger partial charge in [0.15, 0.2) is 14.9 Å². The molecule has 132 valence electrons. The van der Waals surface area contributed by atoms with Crippen molar-refractivity contribution in [1.82, 2.24) is 4.90 Å². The van der Waals surface area contributed by atoms with Gasteiger partial charge in [-0.1, -0.05) is 13.8 Å². The Morgan fingerprint density at radius 2 is 2.04 bits per heavy atom. The van der Waals surface area contributed by atoms with Crippen molar-refractivity contribution in [3.63, 3.8) is 0 Å². The van der Waals surface area contributed by atoms with E-state index >= 15 is 0 Å². The van der Waals surface area contributed by atoms with E-state index in [9.17, 15) is 18.5 Å². The maximum absolute atomic E-state index is 11.8. The molecule has 0 aromatic heterocycles. The van der Waals surface area contributed by atoms with Crippen LogP contribution in [0.15, 0.2) is 24.3 Å². The summed E-state index contributed by atoms with van der Waals surface area (Å²) in [6, 6.07) is 5.85. The predicted octanol–water partition coefficient (Wildman–Crippen LogP) is 2.44. The van der Waals surface area contributed by atoms with Crippen molar-refractivity contribution in [2.75, 3.05) is 23.4 Å². The number of thiocarbonyl (C=S) groups is 1. The first kappa shape index (κ1) is 18.6. The van der Waals surface area contributed by atoms with Crippen LogP contribution in [0.3, 0.4) is 0 Å². The van der Waals surface area contributed by atoms with Crippen LogP contribution in [0.4, 0.5) is 11.4 Å². The van der Waals surface area contributed by atoms with Gasteiger partial charge in [0.1, 0.15) is 0 Å². The van der Waals surface area contributed by atoms with Crippen LogP contribution in [0.25, 0.3) is 0 Å². The molecule has 0 aliphatic carbocycles. The molecule has 0 spiro atoms. The summed E-state index contributed by atoms with van der Waals surface area (Å²) in [4.78, 5) is 12.2. The minimum atomic E-state index is -3.00. The Hall–Kier alpha value is -1.74. The number of nitrogens with zero attached hydrogens (tertiary/aromatic N) is 2. The van der Waals surface area contributed by atoms with Gasteiger partial charge in [-0.05, 0) is 36.7 Å². The molecule has 1 fully saturated rings. The molecule has 1 aromatic carbocycles. The van der Waals surface area contributed by atoms with Crippen LogP contribution in [-0.2, 0) is 9.84 Å². The van der Waals surface area contributed by atoms with Crippen LogP contribution in [0, 0.1) is 16.0 Å². The Balaban J connectivity index is 2.11. The Labute approximate surface area is 147 Å². The third-order valence-electron chi connectivity index (χ3n) is 3.80. The number of hydrogen-bond donors (Lipinski definition) is 1. The lowest BCUT2D eigenvalue weighted by Gasteiger charge is -2.32. The lowest BCUT2D eigenvalue weighted by atomic mass is 10.1. The van der Waals surface area contributed by atoms with Crippen LogP contribution in [0.1, 0.15) is 20.3 Å². The fourth-order valence-electron chi connectivity index (χ4n) is 2.67. The summed E-state index contributed by atoms with van der Waals surface area (Å²) in [5.41, 5.74) is 0.646. The van der Waals surface area contributed by atoms with Gasteiger partial charge < -0.3 is 10.2 Å². The fourth-order valence-corrected chi connectivity index (χ4v) is 4.75. The maximum Gasteiger partial charge on any atom is 0.269 e. The van der Waals surface area contributed by atoms with Gasteiger partial charge >= 0.3 is 0 Å². The number of non-ortho nitro benzene ring substituents is 1. The molecule has 1 aliphatic rings. The topological polar surface area (TPSA) is 92.5 Å². The number of sulfone groups is 1. The zero-order chi connectivity index (χ0) is 17.9. The minimum absolute atomic E-state index is 0.00684. The molecule has 2 rings (SSSR count). The summed E-state index contributed by atoms with van der Waals surface area (Å²) in [7, 11) is -3.00. The molecular weight excluding hydrogens is 350 g/mol. The molecule has 0 amide bonds. The van der Waals surface area contributed by atoms with E-state index in [1.54, 1.807) is 12.1 Å². The summed E-state index contributed by atoms with van der Waals surface area (Å²) in [5.74, 6) is 0.624. The zero-order valence-electron chi connectivity index (χ0n) is 13.6. The number of nitrogens with one attached hydrogen (secondary N) is 1. The van der Waals surface area contributed by atoms with Crippen molar-refractivity contribution in [2.45, 2.75) is 26.3 Å². The van der Waals surface area contributed by atoms with E-state index in [2.05, 4.69) is 5.32 Å². The lowest BCUT2D eigenvalue weighted by Crippen LogP contribution is -2.45. The molecule has 0 unspecified atom stereocenters. The van der Waals surface area contributed by atoms with Crippen LogP contribution in [0.2, 0.25) is 0 Å². The molecule has 9 heteroatoms. The second kappa shape index (κ2) is 7.43. The van der Waals surface area contributed by atoms with Crippen LogP contribution < -0.4 is 5.32 Å². The quantitative estimate of drug-likeness (QED) is 0.483. The number of rotatable bonds is 5. The molecule has 1 heterocycles. The number of anilines is 1. The molecule has 0 radical (unpaired) electrons. The monoisotopic (exact) mass is 371 g/mol. The van der Waals surface area contributed by atoms with Crippen molar-refractivity contribution in [3.05, 3.63) is 34.4 Å². The lowest BCUT2D eigenvalue weighted by molar-refractivity contribution is -0.384. The van der Waals surface area contributed by atoms with E-state index in [1.807, 2.05) is 18.7 Å². The van der Waals surface area contributed by atoms with Crippen LogP contribution >= 0.6 is 12.2 Å². The maximum atomic E-state index is 11.8. The second-order valence-corrected chi connectivity index (χ2v) is 8.95. The smallest absolute Gasteiger partial charge is 0.269 e. The van der Waals surface area contributed by atoms with Gasteiger partial charge in [0.25, 0.3) is 5.69 Å². The minimum Gasteiger partial charge on any atom is -0.345 e. The van der Waals surface area contributed by atoms with E-state index in [4.69, 9.17) is 12.2 Å². The molecule has 1 aliphatic heterocycles. The van der Waals surface area contributed by atoms with E-state index in [0.717, 1.165) is 0 Å². The van der Waals surface area contributed by atoms with Crippen molar-refractivity contribution < 1.29 is 13.3 Å². The number of nitro groups is 1. The standard InChI is InChI=1S/C15H21N3O4S2/c1-11(2)9-17(14-7-8-24(21,22)10-14)15(23)16-12-3-5-13(6-4-12)18(19)20/h3-6,11,14H,7-10H2,1-2H3,(H,16,23)/t14-/m1/s1. The fraction of sp³-hybridized carbons (Fsp3) is 0.533. The highest BCUT2D eigenvalue weighted by Gasteiger charge is 2.33. The Bertz CT molecular complexity index is 717. The summed E-state index contributed by atoms with van der Waals surface area (Å²) in [6.45, 7) is 4.74. The molecule has 0 bridgehead atoms. The molecule has 1 saturated heterocycles. The van der Waals surface area contributed by atoms with Gasteiger partial charge in [-0.25, -0.2) is 8.42 Å². The Morgan fingerprint density at radius 3 is 2.50 bits per heavy atom. The highest BCUT2D eigenvalue weighted by molar-refractivity contribution is 7.91. The molecule has 1 aromatic rings. The Morgan fingerprint density at radius 1 is 1.42 bits per heavy atom. The van der Waals surface area contributed by atoms with E-state index in [0.29, 0.717) is 29.7 Å².